The molecule has 1 unspecified atom stereocenters. The Balaban J connectivity index is 1.55. The number of ether oxygens (including phenoxy) is 1. The Labute approximate surface area is 106 Å². The van der Waals surface area contributed by atoms with Crippen LogP contribution < -0.4 is 0 Å². The lowest BCUT2D eigenvalue weighted by Crippen LogP contribution is -2.07. The highest BCUT2D eigenvalue weighted by atomic mass is 16.5. The minimum absolute atomic E-state index is 0.312. The van der Waals surface area contributed by atoms with Crippen molar-refractivity contribution in [3.05, 3.63) is 36.1 Å². The van der Waals surface area contributed by atoms with Gasteiger partial charge in [0.25, 0.3) is 0 Å². The van der Waals surface area contributed by atoms with E-state index in [2.05, 4.69) is 0 Å². The van der Waals surface area contributed by atoms with Crippen LogP contribution in [-0.4, -0.2) is 18.3 Å². The molecule has 0 aliphatic heterocycles. The molecule has 1 aliphatic rings. The van der Waals surface area contributed by atoms with E-state index in [0.29, 0.717) is 12.4 Å². The summed E-state index contributed by atoms with van der Waals surface area (Å²) >= 11 is 0. The molecular formula is C15H18O3. The van der Waals surface area contributed by atoms with E-state index in [1.165, 1.54) is 12.8 Å². The smallest absolute Gasteiger partial charge is 0.136 e. The summed E-state index contributed by atoms with van der Waals surface area (Å²) in [6.07, 6.45) is 3.13. The van der Waals surface area contributed by atoms with E-state index in [1.54, 1.807) is 0 Å². The molecule has 0 amide bonds. The topological polar surface area (TPSA) is 42.6 Å². The number of rotatable bonds is 6. The highest BCUT2D eigenvalue weighted by molar-refractivity contribution is 5.77. The fourth-order valence-corrected chi connectivity index (χ4v) is 2.10. The molecular weight excluding hydrogens is 228 g/mol. The molecule has 1 aromatic heterocycles. The highest BCUT2D eigenvalue weighted by Gasteiger charge is 2.21. The lowest BCUT2D eigenvalue weighted by atomic mass is 10.2. The summed E-state index contributed by atoms with van der Waals surface area (Å²) in [5.41, 5.74) is 0.810. The van der Waals surface area contributed by atoms with Crippen molar-refractivity contribution in [1.82, 2.24) is 0 Å². The molecule has 3 heteroatoms. The number of fused-ring (bicyclic) bond motifs is 1. The summed E-state index contributed by atoms with van der Waals surface area (Å²) in [4.78, 5) is 0. The number of para-hydroxylation sites is 1. The standard InChI is InChI=1S/C15H18O3/c16-13(10-17-8-7-11-5-6-11)15-9-12-3-1-2-4-14(12)18-15/h1-4,9,11,13,16H,5-8,10H2. The van der Waals surface area contributed by atoms with Gasteiger partial charge in [-0.3, -0.25) is 0 Å². The average Bonchev–Trinajstić information content (AvgIpc) is 3.10. The van der Waals surface area contributed by atoms with E-state index in [0.717, 1.165) is 29.9 Å². The highest BCUT2D eigenvalue weighted by Crippen LogP contribution is 2.32. The Morgan fingerprint density at radius 1 is 1.33 bits per heavy atom. The maximum Gasteiger partial charge on any atom is 0.136 e. The SMILES string of the molecule is OC(COCCC1CC1)c1cc2ccccc2o1. The first-order valence-electron chi connectivity index (χ1n) is 6.57. The first-order chi connectivity index (χ1) is 8.83. The van der Waals surface area contributed by atoms with Gasteiger partial charge < -0.3 is 14.3 Å². The molecule has 1 heterocycles. The van der Waals surface area contributed by atoms with E-state index in [-0.39, 0.29) is 0 Å². The van der Waals surface area contributed by atoms with Crippen molar-refractivity contribution in [2.75, 3.05) is 13.2 Å². The van der Waals surface area contributed by atoms with Crippen molar-refractivity contribution >= 4 is 11.0 Å². The number of hydrogen-bond acceptors (Lipinski definition) is 3. The summed E-state index contributed by atoms with van der Waals surface area (Å²) in [5, 5.41) is 11.0. The van der Waals surface area contributed by atoms with Crippen molar-refractivity contribution in [3.8, 4) is 0 Å². The molecule has 1 aliphatic carbocycles. The molecule has 1 fully saturated rings. The third-order valence-electron chi connectivity index (χ3n) is 3.42. The second-order valence-electron chi connectivity index (χ2n) is 5.01. The van der Waals surface area contributed by atoms with Gasteiger partial charge in [-0.15, -0.1) is 0 Å². The maximum atomic E-state index is 9.98. The molecule has 0 bridgehead atoms. The normalized spacial score (nSPS) is 17.2. The van der Waals surface area contributed by atoms with Crippen LogP contribution in [0.4, 0.5) is 0 Å². The third-order valence-corrected chi connectivity index (χ3v) is 3.42. The van der Waals surface area contributed by atoms with E-state index < -0.39 is 6.10 Å². The minimum Gasteiger partial charge on any atom is -0.458 e. The van der Waals surface area contributed by atoms with Crippen LogP contribution in [0.25, 0.3) is 11.0 Å². The summed E-state index contributed by atoms with van der Waals surface area (Å²) in [5.74, 6) is 1.45. The number of benzene rings is 1. The van der Waals surface area contributed by atoms with Crippen LogP contribution in [-0.2, 0) is 4.74 Å². The van der Waals surface area contributed by atoms with Gasteiger partial charge in [-0.1, -0.05) is 31.0 Å². The minimum atomic E-state index is -0.670. The lowest BCUT2D eigenvalue weighted by Gasteiger charge is -2.08. The van der Waals surface area contributed by atoms with Gasteiger partial charge >= 0.3 is 0 Å². The van der Waals surface area contributed by atoms with Crippen LogP contribution in [0.1, 0.15) is 31.1 Å². The Morgan fingerprint density at radius 2 is 2.17 bits per heavy atom. The number of furan rings is 1. The molecule has 3 rings (SSSR count). The van der Waals surface area contributed by atoms with Crippen molar-refractivity contribution in [1.29, 1.82) is 0 Å². The summed E-state index contributed by atoms with van der Waals surface area (Å²) in [6, 6.07) is 9.64. The van der Waals surface area contributed by atoms with Crippen molar-refractivity contribution in [2.24, 2.45) is 5.92 Å². The zero-order chi connectivity index (χ0) is 12.4. The van der Waals surface area contributed by atoms with Gasteiger partial charge in [0.15, 0.2) is 0 Å². The Bertz CT molecular complexity index is 480. The van der Waals surface area contributed by atoms with Crippen LogP contribution in [0, 0.1) is 5.92 Å². The van der Waals surface area contributed by atoms with Crippen LogP contribution in [0.2, 0.25) is 0 Å². The Hall–Kier alpha value is -1.32. The molecule has 1 aromatic carbocycles. The van der Waals surface area contributed by atoms with E-state index in [4.69, 9.17) is 9.15 Å². The largest absolute Gasteiger partial charge is 0.458 e. The number of aliphatic hydroxyl groups is 1. The van der Waals surface area contributed by atoms with E-state index in [9.17, 15) is 5.11 Å². The summed E-state index contributed by atoms with van der Waals surface area (Å²) in [7, 11) is 0. The van der Waals surface area contributed by atoms with Crippen LogP contribution >= 0.6 is 0 Å². The molecule has 0 spiro atoms. The molecule has 3 nitrogen and oxygen atoms in total. The first-order valence-corrected chi connectivity index (χ1v) is 6.57. The van der Waals surface area contributed by atoms with Crippen molar-refractivity contribution in [3.63, 3.8) is 0 Å². The molecule has 0 saturated heterocycles. The van der Waals surface area contributed by atoms with Crippen LogP contribution in [0.15, 0.2) is 34.7 Å². The van der Waals surface area contributed by atoms with Gasteiger partial charge in [-0.2, -0.15) is 0 Å². The van der Waals surface area contributed by atoms with Gasteiger partial charge in [0.1, 0.15) is 17.4 Å². The predicted octanol–water partition coefficient (Wildman–Crippen LogP) is 3.28. The second kappa shape index (κ2) is 5.12. The van der Waals surface area contributed by atoms with E-state index in [1.807, 2.05) is 30.3 Å². The van der Waals surface area contributed by atoms with Gasteiger partial charge in [-0.25, -0.2) is 0 Å². The quantitative estimate of drug-likeness (QED) is 0.795. The zero-order valence-corrected chi connectivity index (χ0v) is 10.3. The van der Waals surface area contributed by atoms with Gasteiger partial charge in [0.2, 0.25) is 0 Å². The average molecular weight is 246 g/mol. The maximum absolute atomic E-state index is 9.98. The summed E-state index contributed by atoms with van der Waals surface area (Å²) in [6.45, 7) is 1.05. The van der Waals surface area contributed by atoms with Crippen LogP contribution in [0.3, 0.4) is 0 Å². The molecule has 18 heavy (non-hydrogen) atoms. The fraction of sp³-hybridized carbons (Fsp3) is 0.467. The van der Waals surface area contributed by atoms with Gasteiger partial charge in [0.05, 0.1) is 6.61 Å². The lowest BCUT2D eigenvalue weighted by molar-refractivity contribution is 0.0237. The van der Waals surface area contributed by atoms with Crippen molar-refractivity contribution in [2.45, 2.75) is 25.4 Å². The summed E-state index contributed by atoms with van der Waals surface area (Å²) < 4.78 is 11.1. The molecule has 1 N–H and O–H groups in total. The molecule has 2 aromatic rings. The van der Waals surface area contributed by atoms with E-state index >= 15 is 0 Å². The predicted molar refractivity (Wildman–Crippen MR) is 69.3 cm³/mol. The Kier molecular flexibility index (Phi) is 3.35. The third kappa shape index (κ3) is 2.74. The molecule has 1 saturated carbocycles. The Morgan fingerprint density at radius 3 is 2.94 bits per heavy atom. The number of hydrogen-bond donors (Lipinski definition) is 1. The molecule has 0 radical (unpaired) electrons. The van der Waals surface area contributed by atoms with Crippen LogP contribution in [0.5, 0.6) is 0 Å². The monoisotopic (exact) mass is 246 g/mol. The second-order valence-corrected chi connectivity index (χ2v) is 5.01. The van der Waals surface area contributed by atoms with Gasteiger partial charge in [0, 0.05) is 12.0 Å². The van der Waals surface area contributed by atoms with Gasteiger partial charge in [-0.05, 0) is 24.5 Å². The molecule has 96 valence electrons. The zero-order valence-electron chi connectivity index (χ0n) is 10.3. The molecule has 1 atom stereocenters. The van der Waals surface area contributed by atoms with Crippen molar-refractivity contribution < 1.29 is 14.3 Å². The first kappa shape index (κ1) is 11.8. The number of aliphatic hydroxyl groups excluding tert-OH is 1. The fourth-order valence-electron chi connectivity index (χ4n) is 2.10.